The molecule has 0 radical (unpaired) electrons. The molecule has 19 heavy (non-hydrogen) atoms. The average molecular weight is 252 g/mol. The van der Waals surface area contributed by atoms with Crippen LogP contribution in [-0.4, -0.2) is 19.8 Å². The molecule has 0 fully saturated rings. The summed E-state index contributed by atoms with van der Waals surface area (Å²) in [6.45, 7) is 4.14. The SMILES string of the molecule is CC(=Nc1ccc(N(C)C)cc1)c1ccc(C)cc1. The van der Waals surface area contributed by atoms with Gasteiger partial charge in [0.15, 0.2) is 0 Å². The number of hydrogen-bond donors (Lipinski definition) is 0. The van der Waals surface area contributed by atoms with Crippen molar-refractivity contribution in [1.82, 2.24) is 0 Å². The summed E-state index contributed by atoms with van der Waals surface area (Å²) in [6, 6.07) is 16.7. The van der Waals surface area contributed by atoms with Crippen molar-refractivity contribution in [2.45, 2.75) is 13.8 Å². The number of benzene rings is 2. The highest BCUT2D eigenvalue weighted by atomic mass is 15.1. The largest absolute Gasteiger partial charge is 0.378 e. The molecular weight excluding hydrogens is 232 g/mol. The Balaban J connectivity index is 2.22. The summed E-state index contributed by atoms with van der Waals surface area (Å²) in [5.74, 6) is 0. The summed E-state index contributed by atoms with van der Waals surface area (Å²) in [4.78, 5) is 6.74. The molecule has 0 saturated carbocycles. The van der Waals surface area contributed by atoms with E-state index < -0.39 is 0 Å². The zero-order chi connectivity index (χ0) is 13.8. The van der Waals surface area contributed by atoms with E-state index in [0.29, 0.717) is 0 Å². The number of aryl methyl sites for hydroxylation is 1. The van der Waals surface area contributed by atoms with Gasteiger partial charge in [0, 0.05) is 25.5 Å². The van der Waals surface area contributed by atoms with Gasteiger partial charge in [-0.25, -0.2) is 0 Å². The summed E-state index contributed by atoms with van der Waals surface area (Å²) in [5.41, 5.74) is 5.65. The van der Waals surface area contributed by atoms with E-state index in [1.54, 1.807) is 0 Å². The molecule has 0 aromatic heterocycles. The molecule has 0 unspecified atom stereocenters. The summed E-state index contributed by atoms with van der Waals surface area (Å²) < 4.78 is 0. The van der Waals surface area contributed by atoms with E-state index in [-0.39, 0.29) is 0 Å². The van der Waals surface area contributed by atoms with Crippen LogP contribution in [0.1, 0.15) is 18.1 Å². The highest BCUT2D eigenvalue weighted by Crippen LogP contribution is 2.19. The molecular formula is C17H20N2. The van der Waals surface area contributed by atoms with Gasteiger partial charge in [-0.3, -0.25) is 4.99 Å². The summed E-state index contributed by atoms with van der Waals surface area (Å²) >= 11 is 0. The van der Waals surface area contributed by atoms with Crippen molar-refractivity contribution in [1.29, 1.82) is 0 Å². The second kappa shape index (κ2) is 5.70. The molecule has 0 amide bonds. The van der Waals surface area contributed by atoms with Gasteiger partial charge in [0.05, 0.1) is 5.69 Å². The third kappa shape index (κ3) is 3.44. The van der Waals surface area contributed by atoms with E-state index in [1.807, 2.05) is 33.2 Å². The fraction of sp³-hybridized carbons (Fsp3) is 0.235. The fourth-order valence-electron chi connectivity index (χ4n) is 1.88. The molecule has 0 spiro atoms. The Kier molecular flexibility index (Phi) is 4.00. The normalized spacial score (nSPS) is 11.5. The van der Waals surface area contributed by atoms with Crippen molar-refractivity contribution in [3.05, 3.63) is 59.7 Å². The molecule has 2 nitrogen and oxygen atoms in total. The minimum absolute atomic E-state index is 0.990. The quantitative estimate of drug-likeness (QED) is 0.747. The van der Waals surface area contributed by atoms with E-state index in [2.05, 4.69) is 53.2 Å². The van der Waals surface area contributed by atoms with Crippen LogP contribution >= 0.6 is 0 Å². The Morgan fingerprint density at radius 3 is 2.00 bits per heavy atom. The number of nitrogens with zero attached hydrogens (tertiary/aromatic N) is 2. The second-order valence-corrected chi connectivity index (χ2v) is 4.97. The number of rotatable bonds is 3. The standard InChI is InChI=1S/C17H20N2/c1-13-5-7-15(8-6-13)14(2)18-16-9-11-17(12-10-16)19(3)4/h5-12H,1-4H3. The Hall–Kier alpha value is -2.09. The summed E-state index contributed by atoms with van der Waals surface area (Å²) in [6.07, 6.45) is 0. The lowest BCUT2D eigenvalue weighted by Gasteiger charge is -2.11. The maximum Gasteiger partial charge on any atom is 0.0634 e. The van der Waals surface area contributed by atoms with Crippen molar-refractivity contribution in [3.8, 4) is 0 Å². The van der Waals surface area contributed by atoms with Crippen LogP contribution in [0.2, 0.25) is 0 Å². The maximum atomic E-state index is 4.66. The molecule has 0 aliphatic heterocycles. The van der Waals surface area contributed by atoms with Crippen molar-refractivity contribution >= 4 is 17.1 Å². The third-order valence-corrected chi connectivity index (χ3v) is 3.13. The topological polar surface area (TPSA) is 15.6 Å². The van der Waals surface area contributed by atoms with Gasteiger partial charge in [0.25, 0.3) is 0 Å². The second-order valence-electron chi connectivity index (χ2n) is 4.97. The number of hydrogen-bond acceptors (Lipinski definition) is 2. The van der Waals surface area contributed by atoms with Crippen molar-refractivity contribution in [2.24, 2.45) is 4.99 Å². The molecule has 0 atom stereocenters. The van der Waals surface area contributed by atoms with Crippen molar-refractivity contribution < 1.29 is 0 Å². The average Bonchev–Trinajstić information content (AvgIpc) is 2.40. The number of aliphatic imine (C=N–C) groups is 1. The van der Waals surface area contributed by atoms with E-state index in [9.17, 15) is 0 Å². The molecule has 98 valence electrons. The molecule has 2 rings (SSSR count). The lowest BCUT2D eigenvalue weighted by atomic mass is 10.1. The van der Waals surface area contributed by atoms with Crippen LogP contribution in [0, 0.1) is 6.92 Å². The van der Waals surface area contributed by atoms with Crippen LogP contribution in [0.5, 0.6) is 0 Å². The Bertz CT molecular complexity index is 563. The van der Waals surface area contributed by atoms with Gasteiger partial charge in [-0.15, -0.1) is 0 Å². The molecule has 2 aromatic carbocycles. The van der Waals surface area contributed by atoms with Crippen LogP contribution < -0.4 is 4.90 Å². The fourth-order valence-corrected chi connectivity index (χ4v) is 1.88. The Morgan fingerprint density at radius 1 is 0.895 bits per heavy atom. The minimum Gasteiger partial charge on any atom is -0.378 e. The first-order valence-electron chi connectivity index (χ1n) is 6.46. The van der Waals surface area contributed by atoms with E-state index in [1.165, 1.54) is 16.8 Å². The summed E-state index contributed by atoms with van der Waals surface area (Å²) in [7, 11) is 4.08. The van der Waals surface area contributed by atoms with Crippen LogP contribution in [0.3, 0.4) is 0 Å². The molecule has 2 heteroatoms. The first kappa shape index (κ1) is 13.3. The van der Waals surface area contributed by atoms with Crippen LogP contribution in [0.4, 0.5) is 11.4 Å². The lowest BCUT2D eigenvalue weighted by Crippen LogP contribution is -2.07. The van der Waals surface area contributed by atoms with Gasteiger partial charge in [-0.05, 0) is 43.7 Å². The predicted molar refractivity (Wildman–Crippen MR) is 83.8 cm³/mol. The third-order valence-electron chi connectivity index (χ3n) is 3.13. The first-order chi connectivity index (χ1) is 9.06. The van der Waals surface area contributed by atoms with Crippen molar-refractivity contribution in [2.75, 3.05) is 19.0 Å². The zero-order valence-corrected chi connectivity index (χ0v) is 12.0. The first-order valence-corrected chi connectivity index (χ1v) is 6.46. The van der Waals surface area contributed by atoms with Gasteiger partial charge < -0.3 is 4.90 Å². The molecule has 0 heterocycles. The van der Waals surface area contributed by atoms with Crippen LogP contribution in [0.25, 0.3) is 0 Å². The van der Waals surface area contributed by atoms with Crippen LogP contribution in [-0.2, 0) is 0 Å². The summed E-state index contributed by atoms with van der Waals surface area (Å²) in [5, 5.41) is 0. The van der Waals surface area contributed by atoms with Crippen LogP contribution in [0.15, 0.2) is 53.5 Å². The Labute approximate surface area is 115 Å². The maximum absolute atomic E-state index is 4.66. The van der Waals surface area contributed by atoms with E-state index >= 15 is 0 Å². The molecule has 0 saturated heterocycles. The van der Waals surface area contributed by atoms with E-state index in [4.69, 9.17) is 0 Å². The smallest absolute Gasteiger partial charge is 0.0634 e. The molecule has 2 aromatic rings. The lowest BCUT2D eigenvalue weighted by molar-refractivity contribution is 1.13. The predicted octanol–water partition coefficient (Wildman–Crippen LogP) is 4.20. The molecule has 0 N–H and O–H groups in total. The van der Waals surface area contributed by atoms with Gasteiger partial charge >= 0.3 is 0 Å². The highest BCUT2D eigenvalue weighted by molar-refractivity contribution is 6.00. The van der Waals surface area contributed by atoms with Gasteiger partial charge in [0.2, 0.25) is 0 Å². The van der Waals surface area contributed by atoms with E-state index in [0.717, 1.165) is 11.4 Å². The van der Waals surface area contributed by atoms with Crippen molar-refractivity contribution in [3.63, 3.8) is 0 Å². The molecule has 0 bridgehead atoms. The minimum atomic E-state index is 0.990. The van der Waals surface area contributed by atoms with Gasteiger partial charge in [-0.1, -0.05) is 29.8 Å². The Morgan fingerprint density at radius 2 is 1.47 bits per heavy atom. The number of anilines is 1. The van der Waals surface area contributed by atoms with Gasteiger partial charge in [0.1, 0.15) is 0 Å². The molecule has 0 aliphatic rings. The highest BCUT2D eigenvalue weighted by Gasteiger charge is 1.99. The van der Waals surface area contributed by atoms with Gasteiger partial charge in [-0.2, -0.15) is 0 Å². The molecule has 0 aliphatic carbocycles. The monoisotopic (exact) mass is 252 g/mol. The zero-order valence-electron chi connectivity index (χ0n) is 12.0.